The van der Waals surface area contributed by atoms with Crippen LogP contribution in [0.1, 0.15) is 47.8 Å². The average Bonchev–Trinajstić information content (AvgIpc) is 2.76. The van der Waals surface area contributed by atoms with Crippen molar-refractivity contribution in [3.8, 4) is 0 Å². The number of carbonyl (C=O) groups is 2. The molecule has 0 spiro atoms. The lowest BCUT2D eigenvalue weighted by atomic mass is 9.87. The molecule has 0 bridgehead atoms. The Morgan fingerprint density at radius 1 is 0.912 bits per heavy atom. The molecule has 0 fully saturated rings. The Labute approximate surface area is 206 Å². The van der Waals surface area contributed by atoms with Crippen LogP contribution in [0, 0.1) is 18.6 Å². The molecule has 5 nitrogen and oxygen atoms in total. The van der Waals surface area contributed by atoms with E-state index in [1.54, 1.807) is 6.92 Å². The number of carbonyl (C=O) groups excluding carboxylic acids is 2. The molecule has 3 N–H and O–H groups in total. The zero-order valence-electron chi connectivity index (χ0n) is 19.4. The zero-order chi connectivity index (χ0) is 25.0. The molecule has 0 aliphatic carbocycles. The second kappa shape index (κ2) is 10.3. The summed E-state index contributed by atoms with van der Waals surface area (Å²) in [6.45, 7) is 8.20. The lowest BCUT2D eigenvalue weighted by Gasteiger charge is -2.19. The molecule has 0 atom stereocenters. The third-order valence-corrected chi connectivity index (χ3v) is 5.89. The van der Waals surface area contributed by atoms with Crippen molar-refractivity contribution in [2.45, 2.75) is 39.7 Å². The van der Waals surface area contributed by atoms with Gasteiger partial charge in [0.1, 0.15) is 11.6 Å². The van der Waals surface area contributed by atoms with E-state index >= 15 is 0 Å². The fourth-order valence-electron chi connectivity index (χ4n) is 3.21. The van der Waals surface area contributed by atoms with Crippen LogP contribution in [-0.4, -0.2) is 11.9 Å². The van der Waals surface area contributed by atoms with Crippen molar-refractivity contribution in [3.05, 3.63) is 93.0 Å². The number of aryl methyl sites for hydroxylation is 1. The summed E-state index contributed by atoms with van der Waals surface area (Å²) in [5.41, 5.74) is 2.84. The van der Waals surface area contributed by atoms with Gasteiger partial charge in [0, 0.05) is 16.7 Å². The highest BCUT2D eigenvalue weighted by Gasteiger charge is 2.17. The smallest absolute Gasteiger partial charge is 0.319 e. The highest BCUT2D eigenvalue weighted by molar-refractivity contribution is 9.10. The molecule has 178 valence electrons. The summed E-state index contributed by atoms with van der Waals surface area (Å²) in [4.78, 5) is 25.1. The normalized spacial score (nSPS) is 11.1. The van der Waals surface area contributed by atoms with E-state index < -0.39 is 17.8 Å². The first-order valence-electron chi connectivity index (χ1n) is 10.6. The first kappa shape index (κ1) is 25.4. The lowest BCUT2D eigenvalue weighted by Crippen LogP contribution is -2.28. The van der Waals surface area contributed by atoms with Crippen LogP contribution >= 0.6 is 15.9 Å². The zero-order valence-corrected chi connectivity index (χ0v) is 20.9. The van der Waals surface area contributed by atoms with Crippen molar-refractivity contribution in [1.82, 2.24) is 5.32 Å². The van der Waals surface area contributed by atoms with E-state index in [1.807, 2.05) is 24.3 Å². The maximum atomic E-state index is 14.5. The maximum absolute atomic E-state index is 14.5. The predicted octanol–water partition coefficient (Wildman–Crippen LogP) is 6.91. The van der Waals surface area contributed by atoms with Crippen molar-refractivity contribution < 1.29 is 18.4 Å². The summed E-state index contributed by atoms with van der Waals surface area (Å²) >= 11 is 3.18. The summed E-state index contributed by atoms with van der Waals surface area (Å²) in [6.07, 6.45) is 0. The van der Waals surface area contributed by atoms with Gasteiger partial charge < -0.3 is 16.0 Å². The largest absolute Gasteiger partial charge is 0.334 e. The molecule has 0 heterocycles. The summed E-state index contributed by atoms with van der Waals surface area (Å²) in [6, 6.07) is 13.8. The first-order valence-corrected chi connectivity index (χ1v) is 11.4. The van der Waals surface area contributed by atoms with Crippen LogP contribution in [0.25, 0.3) is 0 Å². The number of anilines is 2. The highest BCUT2D eigenvalue weighted by Crippen LogP contribution is 2.26. The van der Waals surface area contributed by atoms with E-state index in [4.69, 9.17) is 0 Å². The third kappa shape index (κ3) is 6.41. The number of amides is 3. The molecule has 0 saturated heterocycles. The Bertz CT molecular complexity index is 1220. The van der Waals surface area contributed by atoms with Gasteiger partial charge in [0.05, 0.1) is 11.3 Å². The maximum Gasteiger partial charge on any atom is 0.319 e. The molecular weight excluding hydrogens is 504 g/mol. The second-order valence-corrected chi connectivity index (χ2v) is 9.84. The van der Waals surface area contributed by atoms with Crippen LogP contribution in [0.3, 0.4) is 0 Å². The van der Waals surface area contributed by atoms with Gasteiger partial charge in [0.25, 0.3) is 5.91 Å². The van der Waals surface area contributed by atoms with E-state index in [1.165, 1.54) is 29.8 Å². The molecule has 3 rings (SSSR count). The van der Waals surface area contributed by atoms with E-state index in [-0.39, 0.29) is 33.5 Å². The van der Waals surface area contributed by atoms with Crippen molar-refractivity contribution in [3.63, 3.8) is 0 Å². The van der Waals surface area contributed by atoms with Crippen LogP contribution in [0.2, 0.25) is 0 Å². The molecule has 3 aromatic rings. The quantitative estimate of drug-likeness (QED) is 0.336. The molecule has 0 unspecified atom stereocenters. The van der Waals surface area contributed by atoms with Crippen molar-refractivity contribution in [2.75, 3.05) is 10.6 Å². The molecule has 3 aromatic carbocycles. The second-order valence-electron chi connectivity index (χ2n) is 8.98. The van der Waals surface area contributed by atoms with Gasteiger partial charge >= 0.3 is 6.03 Å². The molecule has 0 aromatic heterocycles. The summed E-state index contributed by atoms with van der Waals surface area (Å²) in [7, 11) is 0. The molecule has 0 radical (unpaired) electrons. The van der Waals surface area contributed by atoms with Crippen LogP contribution < -0.4 is 16.0 Å². The number of hydrogen-bond acceptors (Lipinski definition) is 2. The topological polar surface area (TPSA) is 70.2 Å². The van der Waals surface area contributed by atoms with Crippen LogP contribution in [0.15, 0.2) is 59.1 Å². The Kier molecular flexibility index (Phi) is 7.71. The van der Waals surface area contributed by atoms with E-state index in [0.29, 0.717) is 11.3 Å². The molecular formula is C26H26BrF2N3O2. The molecule has 0 aliphatic rings. The van der Waals surface area contributed by atoms with Gasteiger partial charge in [0.2, 0.25) is 0 Å². The Morgan fingerprint density at radius 2 is 1.59 bits per heavy atom. The van der Waals surface area contributed by atoms with E-state index in [0.717, 1.165) is 11.6 Å². The number of nitrogens with one attached hydrogen (secondary N) is 3. The Morgan fingerprint density at radius 3 is 2.21 bits per heavy atom. The minimum Gasteiger partial charge on any atom is -0.334 e. The molecule has 0 aliphatic heterocycles. The number of halogens is 3. The Balaban J connectivity index is 1.67. The Hall–Kier alpha value is -3.26. The van der Waals surface area contributed by atoms with Crippen LogP contribution in [0.4, 0.5) is 25.0 Å². The van der Waals surface area contributed by atoms with Gasteiger partial charge in [-0.25, -0.2) is 13.6 Å². The predicted molar refractivity (Wildman–Crippen MR) is 134 cm³/mol. The fraction of sp³-hybridized carbons (Fsp3) is 0.231. The van der Waals surface area contributed by atoms with Crippen molar-refractivity contribution >= 4 is 39.2 Å². The standard InChI is InChI=1S/C26H26BrF2N3O2/c1-15-11-18(9-10-21(15)28)31-24(33)19-12-23(22(29)13-20(19)27)32-25(34)30-14-16-5-7-17(8-6-16)26(2,3)4/h5-13H,14H2,1-4H3,(H,31,33)(H2,30,32,34). The van der Waals surface area contributed by atoms with E-state index in [9.17, 15) is 18.4 Å². The van der Waals surface area contributed by atoms with Crippen molar-refractivity contribution in [2.24, 2.45) is 0 Å². The highest BCUT2D eigenvalue weighted by atomic mass is 79.9. The third-order valence-electron chi connectivity index (χ3n) is 5.24. The van der Waals surface area contributed by atoms with Crippen LogP contribution in [-0.2, 0) is 12.0 Å². The summed E-state index contributed by atoms with van der Waals surface area (Å²) in [5, 5.41) is 7.77. The number of rotatable bonds is 5. The number of benzene rings is 3. The summed E-state index contributed by atoms with van der Waals surface area (Å²) in [5.74, 6) is -1.63. The van der Waals surface area contributed by atoms with Gasteiger partial charge in [0.15, 0.2) is 0 Å². The fourth-order valence-corrected chi connectivity index (χ4v) is 3.71. The van der Waals surface area contributed by atoms with Gasteiger partial charge in [-0.3, -0.25) is 4.79 Å². The average molecular weight is 530 g/mol. The molecule has 8 heteroatoms. The van der Waals surface area contributed by atoms with Crippen molar-refractivity contribution in [1.29, 1.82) is 0 Å². The van der Waals surface area contributed by atoms with Gasteiger partial charge in [-0.2, -0.15) is 0 Å². The number of hydrogen-bond donors (Lipinski definition) is 3. The van der Waals surface area contributed by atoms with Crippen LogP contribution in [0.5, 0.6) is 0 Å². The summed E-state index contributed by atoms with van der Waals surface area (Å²) < 4.78 is 28.1. The van der Waals surface area contributed by atoms with Gasteiger partial charge in [-0.1, -0.05) is 45.0 Å². The van der Waals surface area contributed by atoms with Gasteiger partial charge in [-0.05, 0) is 75.3 Å². The van der Waals surface area contributed by atoms with E-state index in [2.05, 4.69) is 52.7 Å². The SMILES string of the molecule is Cc1cc(NC(=O)c2cc(NC(=O)NCc3ccc(C(C)(C)C)cc3)c(F)cc2Br)ccc1F. The molecule has 34 heavy (non-hydrogen) atoms. The monoisotopic (exact) mass is 529 g/mol. The molecule has 0 saturated carbocycles. The molecule has 3 amide bonds. The minimum atomic E-state index is -0.703. The van der Waals surface area contributed by atoms with Gasteiger partial charge in [-0.15, -0.1) is 0 Å². The lowest BCUT2D eigenvalue weighted by molar-refractivity contribution is 0.102. The minimum absolute atomic E-state index is 0.0297. The number of urea groups is 1. The first-order chi connectivity index (χ1) is 15.9.